The summed E-state index contributed by atoms with van der Waals surface area (Å²) in [5.74, 6) is -6.68. The number of imidazole rings is 1. The van der Waals surface area contributed by atoms with Gasteiger partial charge in [0.05, 0.1) is 11.9 Å². The fourth-order valence-electron chi connectivity index (χ4n) is 4.17. The number of nitrogens with zero attached hydrogens (tertiary/aromatic N) is 3. The molecule has 4 rings (SSSR count). The Labute approximate surface area is 192 Å². The molecule has 0 spiro atoms. The number of nitrogens with two attached hydrogens (primary N) is 1. The normalized spacial score (nSPS) is 23.1. The Morgan fingerprint density at radius 1 is 1.20 bits per heavy atom. The van der Waals surface area contributed by atoms with Crippen molar-refractivity contribution in [2.24, 2.45) is 0 Å². The predicted octanol–water partition coefficient (Wildman–Crippen LogP) is 4.45. The van der Waals surface area contributed by atoms with Gasteiger partial charge in [0, 0.05) is 18.2 Å². The smallest absolute Gasteiger partial charge is 0.418 e. The number of esters is 1. The molecule has 2 aromatic heterocycles. The average molecular weight is 506 g/mol. The molecule has 0 aliphatic heterocycles. The van der Waals surface area contributed by atoms with Crippen molar-refractivity contribution in [3.8, 4) is 11.3 Å². The van der Waals surface area contributed by atoms with Gasteiger partial charge in [-0.1, -0.05) is 12.1 Å². The summed E-state index contributed by atoms with van der Waals surface area (Å²) in [7, 11) is 0. The number of rotatable bonds is 3. The summed E-state index contributed by atoms with van der Waals surface area (Å²) in [4.78, 5) is 18.6. The van der Waals surface area contributed by atoms with Gasteiger partial charge in [-0.25, -0.2) is 14.8 Å². The average Bonchev–Trinajstić information content (AvgIpc) is 3.29. The van der Waals surface area contributed by atoms with Crippen molar-refractivity contribution in [1.82, 2.24) is 14.4 Å². The molecule has 1 aliphatic rings. The van der Waals surface area contributed by atoms with Crippen LogP contribution in [0, 0.1) is 6.92 Å². The number of halogens is 7. The SMILES string of the molecule is Cc1ccc(C2(O)CCCC2(F)OC(=O)C(F)(F)F)cc1-c1cnc2c(N)nc(C(F)(F)F)cn12. The van der Waals surface area contributed by atoms with Crippen LogP contribution in [-0.4, -0.2) is 37.5 Å². The molecule has 188 valence electrons. The highest BCUT2D eigenvalue weighted by Gasteiger charge is 2.61. The number of aromatic nitrogens is 3. The van der Waals surface area contributed by atoms with Gasteiger partial charge in [0.15, 0.2) is 22.8 Å². The number of carbonyl (C=O) groups is 1. The maximum atomic E-state index is 15.5. The summed E-state index contributed by atoms with van der Waals surface area (Å²) in [6, 6.07) is 3.82. The van der Waals surface area contributed by atoms with Crippen LogP contribution in [0.2, 0.25) is 0 Å². The summed E-state index contributed by atoms with van der Waals surface area (Å²) in [5, 5.41) is 11.1. The van der Waals surface area contributed by atoms with Gasteiger partial charge in [0.25, 0.3) is 5.85 Å². The molecule has 0 radical (unpaired) electrons. The van der Waals surface area contributed by atoms with Crippen LogP contribution in [-0.2, 0) is 21.3 Å². The maximum Gasteiger partial charge on any atom is 0.491 e. The van der Waals surface area contributed by atoms with Crippen molar-refractivity contribution in [3.63, 3.8) is 0 Å². The predicted molar refractivity (Wildman–Crippen MR) is 106 cm³/mol. The van der Waals surface area contributed by atoms with E-state index in [2.05, 4.69) is 14.7 Å². The largest absolute Gasteiger partial charge is 0.491 e. The van der Waals surface area contributed by atoms with E-state index in [0.717, 1.165) is 4.40 Å². The molecule has 35 heavy (non-hydrogen) atoms. The van der Waals surface area contributed by atoms with Crippen LogP contribution in [0.25, 0.3) is 16.9 Å². The van der Waals surface area contributed by atoms with E-state index >= 15 is 4.39 Å². The molecule has 0 amide bonds. The van der Waals surface area contributed by atoms with Crippen LogP contribution in [0.3, 0.4) is 0 Å². The molecule has 1 fully saturated rings. The zero-order valence-electron chi connectivity index (χ0n) is 17.8. The minimum atomic E-state index is -5.48. The van der Waals surface area contributed by atoms with Crippen molar-refractivity contribution in [1.29, 1.82) is 0 Å². The third kappa shape index (κ3) is 4.05. The van der Waals surface area contributed by atoms with Crippen LogP contribution < -0.4 is 5.73 Å². The molecule has 3 aromatic rings. The first-order chi connectivity index (χ1) is 16.1. The van der Waals surface area contributed by atoms with Crippen LogP contribution in [0.5, 0.6) is 0 Å². The van der Waals surface area contributed by atoms with Gasteiger partial charge in [-0.2, -0.15) is 30.7 Å². The summed E-state index contributed by atoms with van der Waals surface area (Å²) < 4.78 is 98.5. The highest BCUT2D eigenvalue weighted by atomic mass is 19.4. The van der Waals surface area contributed by atoms with E-state index in [1.54, 1.807) is 6.92 Å². The van der Waals surface area contributed by atoms with Gasteiger partial charge in [-0.3, -0.25) is 4.40 Å². The fourth-order valence-corrected chi connectivity index (χ4v) is 4.17. The molecule has 14 heteroatoms. The lowest BCUT2D eigenvalue weighted by molar-refractivity contribution is -0.266. The van der Waals surface area contributed by atoms with E-state index in [9.17, 15) is 36.2 Å². The molecular formula is C21H17F7N4O3. The van der Waals surface area contributed by atoms with Crippen molar-refractivity contribution in [2.45, 2.75) is 50.0 Å². The third-order valence-electron chi connectivity index (χ3n) is 5.94. The van der Waals surface area contributed by atoms with Gasteiger partial charge >= 0.3 is 18.3 Å². The van der Waals surface area contributed by atoms with Gasteiger partial charge in [-0.15, -0.1) is 0 Å². The molecule has 7 nitrogen and oxygen atoms in total. The van der Waals surface area contributed by atoms with Crippen molar-refractivity contribution < 1.29 is 45.4 Å². The highest BCUT2D eigenvalue weighted by Crippen LogP contribution is 2.51. The quantitative estimate of drug-likeness (QED) is 0.402. The van der Waals surface area contributed by atoms with Crippen molar-refractivity contribution in [2.75, 3.05) is 5.73 Å². The fraction of sp³-hybridized carbons (Fsp3) is 0.381. The van der Waals surface area contributed by atoms with E-state index < -0.39 is 47.7 Å². The van der Waals surface area contributed by atoms with E-state index in [4.69, 9.17) is 5.73 Å². The summed E-state index contributed by atoms with van der Waals surface area (Å²) in [5.41, 5.74) is 2.05. The molecule has 2 atom stereocenters. The number of aliphatic hydroxyl groups is 1. The second-order valence-electron chi connectivity index (χ2n) is 8.21. The van der Waals surface area contributed by atoms with Gasteiger partial charge in [0.2, 0.25) is 0 Å². The number of carbonyl (C=O) groups excluding carboxylic acids is 1. The minimum absolute atomic E-state index is 0.0669. The summed E-state index contributed by atoms with van der Waals surface area (Å²) >= 11 is 0. The lowest BCUT2D eigenvalue weighted by atomic mass is 9.86. The number of ether oxygens (including phenoxy) is 1. The topological polar surface area (TPSA) is 103 Å². The van der Waals surface area contributed by atoms with Crippen LogP contribution in [0.4, 0.5) is 36.6 Å². The molecule has 0 bridgehead atoms. The Balaban J connectivity index is 1.84. The Hall–Kier alpha value is -3.42. The first kappa shape index (κ1) is 24.7. The second-order valence-corrected chi connectivity index (χ2v) is 8.21. The minimum Gasteiger partial charge on any atom is -0.418 e. The zero-order chi connectivity index (χ0) is 26.0. The lowest BCUT2D eigenvalue weighted by Gasteiger charge is -2.36. The Morgan fingerprint density at radius 2 is 1.89 bits per heavy atom. The molecule has 1 saturated carbocycles. The first-order valence-corrected chi connectivity index (χ1v) is 10.1. The maximum absolute atomic E-state index is 15.5. The first-order valence-electron chi connectivity index (χ1n) is 10.1. The standard InChI is InChI=1S/C21H17F7N4O3/c1-10-3-4-11(18(34)5-2-6-19(18,22)35-17(33)21(26,27)28)7-12(10)13-8-30-16-15(29)31-14(9-32(13)16)20(23,24)25/h3-4,7-9,34H,2,5-6H2,1H3,(H2,29,31). The molecule has 2 unspecified atom stereocenters. The molecule has 0 saturated heterocycles. The monoisotopic (exact) mass is 506 g/mol. The number of alkyl halides is 7. The molecule has 3 N–H and O–H groups in total. The second kappa shape index (κ2) is 7.80. The molecule has 1 aromatic carbocycles. The number of fused-ring (bicyclic) bond motifs is 1. The zero-order valence-corrected chi connectivity index (χ0v) is 17.8. The van der Waals surface area contributed by atoms with Crippen LogP contribution in [0.15, 0.2) is 30.6 Å². The van der Waals surface area contributed by atoms with E-state index in [0.29, 0.717) is 11.8 Å². The Bertz CT molecular complexity index is 1320. The number of aryl methyl sites for hydroxylation is 1. The Kier molecular flexibility index (Phi) is 5.50. The highest BCUT2D eigenvalue weighted by molar-refractivity contribution is 5.76. The number of hydrogen-bond donors (Lipinski definition) is 2. The number of hydrogen-bond acceptors (Lipinski definition) is 6. The lowest BCUT2D eigenvalue weighted by Crippen LogP contribution is -2.49. The van der Waals surface area contributed by atoms with E-state index in [1.807, 2.05) is 0 Å². The van der Waals surface area contributed by atoms with E-state index in [1.165, 1.54) is 24.4 Å². The molecule has 2 heterocycles. The van der Waals surface area contributed by atoms with E-state index in [-0.39, 0.29) is 35.3 Å². The summed E-state index contributed by atoms with van der Waals surface area (Å²) in [6.07, 6.45) is -9.63. The van der Waals surface area contributed by atoms with Crippen LogP contribution >= 0.6 is 0 Å². The Morgan fingerprint density at radius 3 is 2.51 bits per heavy atom. The molecule has 1 aliphatic carbocycles. The molecular weight excluding hydrogens is 489 g/mol. The van der Waals surface area contributed by atoms with Gasteiger partial charge < -0.3 is 15.6 Å². The summed E-state index contributed by atoms with van der Waals surface area (Å²) in [6.45, 7) is 1.57. The van der Waals surface area contributed by atoms with Crippen molar-refractivity contribution in [3.05, 3.63) is 47.4 Å². The third-order valence-corrected chi connectivity index (χ3v) is 5.94. The number of benzene rings is 1. The van der Waals surface area contributed by atoms with Gasteiger partial charge in [-0.05, 0) is 37.0 Å². The number of nitrogen functional groups attached to an aromatic ring is 1. The van der Waals surface area contributed by atoms with Crippen LogP contribution in [0.1, 0.15) is 36.1 Å². The number of anilines is 1. The van der Waals surface area contributed by atoms with Gasteiger partial charge in [0.1, 0.15) is 0 Å². The van der Waals surface area contributed by atoms with Crippen molar-refractivity contribution >= 4 is 17.4 Å².